The van der Waals surface area contributed by atoms with Gasteiger partial charge in [0.25, 0.3) is 0 Å². The Morgan fingerprint density at radius 1 is 1.15 bits per heavy atom. The van der Waals surface area contributed by atoms with Crippen molar-refractivity contribution in [3.8, 4) is 11.5 Å². The number of nitrogens with one attached hydrogen (secondary N) is 2. The summed E-state index contributed by atoms with van der Waals surface area (Å²) in [5, 5.41) is 16.3. The van der Waals surface area contributed by atoms with Gasteiger partial charge >= 0.3 is 0 Å². The molecule has 0 amide bonds. The Balaban J connectivity index is 1.82. The van der Waals surface area contributed by atoms with Crippen molar-refractivity contribution in [1.82, 2.24) is 10.6 Å². The molecule has 1 atom stereocenters. The quantitative estimate of drug-likeness (QED) is 0.463. The third-order valence-corrected chi connectivity index (χ3v) is 3.66. The second kappa shape index (κ2) is 11.0. The maximum absolute atomic E-state index is 12.9. The highest BCUT2D eigenvalue weighted by Gasteiger charge is 2.07. The third kappa shape index (κ3) is 7.53. The number of aliphatic imine (C=N–C) groups is 1. The molecular weight excluding hydrogens is 349 g/mol. The highest BCUT2D eigenvalue weighted by atomic mass is 19.1. The lowest BCUT2D eigenvalue weighted by atomic mass is 10.2. The first-order valence-electron chi connectivity index (χ1n) is 8.82. The molecule has 27 heavy (non-hydrogen) atoms. The summed E-state index contributed by atoms with van der Waals surface area (Å²) in [5.41, 5.74) is 1.02. The van der Waals surface area contributed by atoms with Gasteiger partial charge in [-0.2, -0.15) is 0 Å². The van der Waals surface area contributed by atoms with E-state index in [1.165, 1.54) is 24.3 Å². The molecule has 0 fully saturated rings. The monoisotopic (exact) mass is 375 g/mol. The first-order valence-corrected chi connectivity index (χ1v) is 8.82. The maximum atomic E-state index is 12.9. The van der Waals surface area contributed by atoms with Crippen LogP contribution >= 0.6 is 0 Å². The zero-order chi connectivity index (χ0) is 19.5. The number of hydrogen-bond donors (Lipinski definition) is 3. The zero-order valence-corrected chi connectivity index (χ0v) is 15.6. The molecule has 2 aromatic carbocycles. The van der Waals surface area contributed by atoms with E-state index >= 15 is 0 Å². The molecule has 1 unspecified atom stereocenters. The lowest BCUT2D eigenvalue weighted by Gasteiger charge is -2.16. The van der Waals surface area contributed by atoms with E-state index in [0.717, 1.165) is 11.3 Å². The Kier molecular flexibility index (Phi) is 8.38. The van der Waals surface area contributed by atoms with Crippen LogP contribution in [0.4, 0.5) is 4.39 Å². The smallest absolute Gasteiger partial charge is 0.191 e. The van der Waals surface area contributed by atoms with Crippen molar-refractivity contribution >= 4 is 5.96 Å². The fraction of sp³-hybridized carbons (Fsp3) is 0.350. The average Bonchev–Trinajstić information content (AvgIpc) is 2.69. The second-order valence-corrected chi connectivity index (χ2v) is 5.85. The normalized spacial score (nSPS) is 12.4. The van der Waals surface area contributed by atoms with Crippen LogP contribution in [-0.2, 0) is 6.54 Å². The minimum atomic E-state index is -0.740. The molecule has 0 aliphatic rings. The number of nitrogens with zero attached hydrogens (tertiary/aromatic N) is 1. The van der Waals surface area contributed by atoms with Gasteiger partial charge in [-0.3, -0.25) is 0 Å². The zero-order valence-electron chi connectivity index (χ0n) is 15.6. The number of benzene rings is 2. The number of hydrogen-bond acceptors (Lipinski definition) is 4. The summed E-state index contributed by atoms with van der Waals surface area (Å²) in [6.07, 6.45) is -0.740. The molecule has 7 heteroatoms. The van der Waals surface area contributed by atoms with Crippen molar-refractivity contribution in [1.29, 1.82) is 0 Å². The average molecular weight is 375 g/mol. The van der Waals surface area contributed by atoms with Crippen LogP contribution in [0.25, 0.3) is 0 Å². The van der Waals surface area contributed by atoms with Crippen LogP contribution in [0.1, 0.15) is 12.5 Å². The van der Waals surface area contributed by atoms with Crippen LogP contribution in [0.15, 0.2) is 53.5 Å². The van der Waals surface area contributed by atoms with Gasteiger partial charge in [0.15, 0.2) is 5.96 Å². The molecule has 0 saturated heterocycles. The van der Waals surface area contributed by atoms with E-state index < -0.39 is 6.10 Å². The topological polar surface area (TPSA) is 75.1 Å². The van der Waals surface area contributed by atoms with E-state index in [9.17, 15) is 9.50 Å². The lowest BCUT2D eigenvalue weighted by Crippen LogP contribution is -2.42. The minimum absolute atomic E-state index is 0.0912. The standard InChI is InChI=1S/C20H26FN3O3/c1-3-22-20(23-12-15-5-4-6-19(11-15)26-2)24-13-17(25)14-27-18-9-7-16(21)8-10-18/h4-11,17,25H,3,12-14H2,1-2H3,(H2,22,23,24). The number of guanidine groups is 1. The molecular formula is C20H26FN3O3. The van der Waals surface area contributed by atoms with Crippen molar-refractivity contribution in [2.24, 2.45) is 4.99 Å². The van der Waals surface area contributed by atoms with Crippen molar-refractivity contribution in [2.75, 3.05) is 26.8 Å². The number of halogens is 1. The Morgan fingerprint density at radius 2 is 1.93 bits per heavy atom. The summed E-state index contributed by atoms with van der Waals surface area (Å²) in [4.78, 5) is 4.50. The Hall–Kier alpha value is -2.80. The molecule has 0 heterocycles. The van der Waals surface area contributed by atoms with Gasteiger partial charge in [0.1, 0.15) is 30.0 Å². The summed E-state index contributed by atoms with van der Waals surface area (Å²) >= 11 is 0. The van der Waals surface area contributed by atoms with Gasteiger partial charge in [0, 0.05) is 13.1 Å². The molecule has 0 aliphatic heterocycles. The van der Waals surface area contributed by atoms with Crippen LogP contribution in [0, 0.1) is 5.82 Å². The summed E-state index contributed by atoms with van der Waals surface area (Å²) in [6, 6.07) is 13.4. The Morgan fingerprint density at radius 3 is 2.63 bits per heavy atom. The van der Waals surface area contributed by atoms with Crippen LogP contribution in [0.3, 0.4) is 0 Å². The minimum Gasteiger partial charge on any atom is -0.497 e. The molecule has 146 valence electrons. The summed E-state index contributed by atoms with van der Waals surface area (Å²) < 4.78 is 23.5. The van der Waals surface area contributed by atoms with Crippen molar-refractivity contribution < 1.29 is 19.0 Å². The predicted molar refractivity (Wildman–Crippen MR) is 104 cm³/mol. The molecule has 0 saturated carbocycles. The lowest BCUT2D eigenvalue weighted by molar-refractivity contribution is 0.110. The molecule has 0 spiro atoms. The molecule has 2 rings (SSSR count). The number of methoxy groups -OCH3 is 1. The van der Waals surface area contributed by atoms with E-state index in [1.54, 1.807) is 7.11 Å². The fourth-order valence-electron chi connectivity index (χ4n) is 2.28. The fourth-order valence-corrected chi connectivity index (χ4v) is 2.28. The van der Waals surface area contributed by atoms with E-state index in [4.69, 9.17) is 9.47 Å². The van der Waals surface area contributed by atoms with E-state index in [1.807, 2.05) is 31.2 Å². The van der Waals surface area contributed by atoms with Crippen LogP contribution in [0.5, 0.6) is 11.5 Å². The second-order valence-electron chi connectivity index (χ2n) is 5.85. The van der Waals surface area contributed by atoms with Gasteiger partial charge in [0.05, 0.1) is 13.7 Å². The SMILES string of the molecule is CCNC(=NCc1cccc(OC)c1)NCC(O)COc1ccc(F)cc1. The molecule has 0 aliphatic carbocycles. The first kappa shape index (κ1) is 20.5. The summed E-state index contributed by atoms with van der Waals surface area (Å²) in [6.45, 7) is 3.51. The van der Waals surface area contributed by atoms with Gasteiger partial charge in [-0.15, -0.1) is 0 Å². The molecule has 2 aromatic rings. The highest BCUT2D eigenvalue weighted by molar-refractivity contribution is 5.79. The number of aliphatic hydroxyl groups excluding tert-OH is 1. The third-order valence-electron chi connectivity index (χ3n) is 3.66. The Labute approximate surface area is 159 Å². The number of aliphatic hydroxyl groups is 1. The number of rotatable bonds is 9. The van der Waals surface area contributed by atoms with Gasteiger partial charge < -0.3 is 25.2 Å². The van der Waals surface area contributed by atoms with E-state index in [0.29, 0.717) is 24.8 Å². The van der Waals surface area contributed by atoms with Crippen molar-refractivity contribution in [3.05, 3.63) is 59.9 Å². The van der Waals surface area contributed by atoms with Gasteiger partial charge in [-0.25, -0.2) is 9.38 Å². The van der Waals surface area contributed by atoms with Gasteiger partial charge in [-0.05, 0) is 48.9 Å². The molecule has 0 aromatic heterocycles. The van der Waals surface area contributed by atoms with Gasteiger partial charge in [0.2, 0.25) is 0 Å². The van der Waals surface area contributed by atoms with Crippen molar-refractivity contribution in [3.63, 3.8) is 0 Å². The molecule has 0 radical (unpaired) electrons. The number of ether oxygens (including phenoxy) is 2. The van der Waals surface area contributed by atoms with Crippen molar-refractivity contribution in [2.45, 2.75) is 19.6 Å². The first-order chi connectivity index (χ1) is 13.1. The van der Waals surface area contributed by atoms with Crippen LogP contribution < -0.4 is 20.1 Å². The highest BCUT2D eigenvalue weighted by Crippen LogP contribution is 2.13. The van der Waals surface area contributed by atoms with Crippen LogP contribution in [0.2, 0.25) is 0 Å². The predicted octanol–water partition coefficient (Wildman–Crippen LogP) is 2.33. The van der Waals surface area contributed by atoms with Crippen LogP contribution in [-0.4, -0.2) is 44.0 Å². The Bertz CT molecular complexity index is 723. The molecule has 3 N–H and O–H groups in total. The van der Waals surface area contributed by atoms with Gasteiger partial charge in [-0.1, -0.05) is 12.1 Å². The largest absolute Gasteiger partial charge is 0.497 e. The summed E-state index contributed by atoms with van der Waals surface area (Å²) in [5.74, 6) is 1.57. The van der Waals surface area contributed by atoms with E-state index in [2.05, 4.69) is 15.6 Å². The van der Waals surface area contributed by atoms with E-state index in [-0.39, 0.29) is 19.0 Å². The molecule has 0 bridgehead atoms. The maximum Gasteiger partial charge on any atom is 0.191 e. The summed E-state index contributed by atoms with van der Waals surface area (Å²) in [7, 11) is 1.63. The molecule has 6 nitrogen and oxygen atoms in total.